The maximum absolute atomic E-state index is 14.0. The number of nitrogens with zero attached hydrogens (tertiary/aromatic N) is 5. The van der Waals surface area contributed by atoms with Gasteiger partial charge in [0.15, 0.2) is 0 Å². The molecular weight excluding hydrogens is 866 g/mol. The fourth-order valence-corrected chi connectivity index (χ4v) is 9.99. The Balaban J connectivity index is 1.00. The van der Waals surface area contributed by atoms with E-state index < -0.39 is 44.3 Å². The maximum atomic E-state index is 14.0. The van der Waals surface area contributed by atoms with Gasteiger partial charge in [-0.1, -0.05) is 49.2 Å². The van der Waals surface area contributed by atoms with Gasteiger partial charge in [0.2, 0.25) is 0 Å². The molecular formula is C46H51ClF2N8O6S. The lowest BCUT2D eigenvalue weighted by molar-refractivity contribution is -0.384. The van der Waals surface area contributed by atoms with Crippen LogP contribution in [0.1, 0.15) is 55.5 Å². The molecule has 2 aliphatic heterocycles. The summed E-state index contributed by atoms with van der Waals surface area (Å²) in [4.78, 5) is 31.3. The second-order valence-corrected chi connectivity index (χ2v) is 19.7. The number of nitrogens with one attached hydrogen (secondary N) is 3. The number of fused-ring (bicyclic) bond motifs is 1. The lowest BCUT2D eigenvalue weighted by Gasteiger charge is -2.39. The number of carbonyl (C=O) groups is 1. The first-order chi connectivity index (χ1) is 30.6. The number of hydrogen-bond acceptors (Lipinski definition) is 11. The monoisotopic (exact) mass is 916 g/mol. The van der Waals surface area contributed by atoms with Gasteiger partial charge in [0, 0.05) is 81.2 Å². The van der Waals surface area contributed by atoms with Crippen molar-refractivity contribution in [3.63, 3.8) is 0 Å². The third-order valence-electron chi connectivity index (χ3n) is 12.4. The molecule has 14 nitrogen and oxygen atoms in total. The Morgan fingerprint density at radius 3 is 2.56 bits per heavy atom. The Bertz CT molecular complexity index is 2670. The Hall–Kier alpha value is -5.62. The highest BCUT2D eigenvalue weighted by Crippen LogP contribution is 2.44. The number of hydrogen-bond donors (Lipinski definition) is 3. The summed E-state index contributed by atoms with van der Waals surface area (Å²) in [6, 6.07) is 21.4. The van der Waals surface area contributed by atoms with Gasteiger partial charge < -0.3 is 15.0 Å². The number of carbonyl (C=O) groups excluding carboxylic acids is 1. The van der Waals surface area contributed by atoms with Crippen molar-refractivity contribution in [2.45, 2.75) is 56.6 Å². The van der Waals surface area contributed by atoms with Gasteiger partial charge in [-0.05, 0) is 90.8 Å². The molecule has 3 heterocycles. The molecule has 5 aromatic rings. The van der Waals surface area contributed by atoms with Crippen LogP contribution in [0.25, 0.3) is 16.5 Å². The number of nitro groups is 1. The number of aromatic nitrogens is 2. The standard InChI is InChI=1S/C46H51ClF2N8O6S/c1-46(2)16-14-31(38(24-46)30-6-8-32(47)9-7-30)27-54-18-20-56(21-19-54)35-10-12-37(44(22-35)63-43-5-3-4-40-39(43)26-50-52-40)45(58)53-64(61,62)36-11-13-41(42(23-36)57(59)60)51-34-15-17-55(29-34)28-33(49)25-48/h3-13,22-23,26,33-34,51H,14-21,24-25,27-29H2,1-2H3,(H,50,52)(H,53,58)/t33-,34?/m0/s1. The predicted molar refractivity (Wildman–Crippen MR) is 244 cm³/mol. The lowest BCUT2D eigenvalue weighted by Crippen LogP contribution is -2.47. The molecule has 0 saturated carbocycles. The van der Waals surface area contributed by atoms with Crippen LogP contribution in [0.3, 0.4) is 0 Å². The van der Waals surface area contributed by atoms with Gasteiger partial charge >= 0.3 is 0 Å². The van der Waals surface area contributed by atoms with Crippen LogP contribution in [0, 0.1) is 15.5 Å². The highest BCUT2D eigenvalue weighted by Gasteiger charge is 2.32. The third kappa shape index (κ3) is 10.3. The molecule has 1 aromatic heterocycles. The number of aromatic amines is 1. The molecule has 3 aliphatic rings. The summed E-state index contributed by atoms with van der Waals surface area (Å²) in [5.74, 6) is -0.506. The van der Waals surface area contributed by atoms with Crippen LogP contribution in [0.15, 0.2) is 95.5 Å². The highest BCUT2D eigenvalue weighted by molar-refractivity contribution is 7.90. The van der Waals surface area contributed by atoms with E-state index in [1.54, 1.807) is 35.4 Å². The van der Waals surface area contributed by atoms with E-state index in [1.165, 1.54) is 34.9 Å². The number of piperazine rings is 1. The zero-order valence-electron chi connectivity index (χ0n) is 35.7. The quantitative estimate of drug-likeness (QED) is 0.0680. The van der Waals surface area contributed by atoms with Crippen LogP contribution < -0.4 is 19.7 Å². The van der Waals surface area contributed by atoms with Crippen LogP contribution in [-0.2, 0) is 10.0 Å². The SMILES string of the molecule is CC1(C)CCC(CN2CCN(c3ccc(C(=O)NS(=O)(=O)c4ccc(NC5CCN(C[C@@H](F)CF)C5)c([N+](=O)[O-])c4)c(Oc4cccc5[nH]ncc45)c3)CC2)=C(c2ccc(Cl)cc2)C1. The van der Waals surface area contributed by atoms with Gasteiger partial charge in [0.25, 0.3) is 21.6 Å². The molecule has 338 valence electrons. The largest absolute Gasteiger partial charge is 0.456 e. The normalized spacial score (nSPS) is 18.9. The molecule has 1 amide bonds. The van der Waals surface area contributed by atoms with Gasteiger partial charge in [-0.15, -0.1) is 0 Å². The van der Waals surface area contributed by atoms with E-state index in [-0.39, 0.29) is 35.0 Å². The van der Waals surface area contributed by atoms with E-state index in [0.717, 1.165) is 50.7 Å². The number of ether oxygens (including phenoxy) is 1. The molecule has 3 N–H and O–H groups in total. The van der Waals surface area contributed by atoms with E-state index in [4.69, 9.17) is 16.3 Å². The van der Waals surface area contributed by atoms with Crippen LogP contribution >= 0.6 is 11.6 Å². The number of likely N-dealkylation sites (tertiary alicyclic amines) is 1. The molecule has 0 spiro atoms. The Morgan fingerprint density at radius 2 is 1.81 bits per heavy atom. The summed E-state index contributed by atoms with van der Waals surface area (Å²) in [6.45, 7) is 8.10. The van der Waals surface area contributed by atoms with Crippen molar-refractivity contribution in [1.29, 1.82) is 0 Å². The van der Waals surface area contributed by atoms with E-state index in [0.29, 0.717) is 54.3 Å². The Morgan fingerprint density at radius 1 is 1.03 bits per heavy atom. The fourth-order valence-electron chi connectivity index (χ4n) is 8.88. The van der Waals surface area contributed by atoms with E-state index in [1.807, 2.05) is 18.2 Å². The van der Waals surface area contributed by atoms with Crippen LogP contribution in [0.4, 0.5) is 25.8 Å². The first kappa shape index (κ1) is 45.0. The van der Waals surface area contributed by atoms with Gasteiger partial charge in [-0.2, -0.15) is 5.10 Å². The molecule has 1 aliphatic carbocycles. The molecule has 0 bridgehead atoms. The number of H-pyrrole nitrogens is 1. The van der Waals surface area contributed by atoms with Crippen molar-refractivity contribution < 1.29 is 31.7 Å². The van der Waals surface area contributed by atoms with Gasteiger partial charge in [-0.3, -0.25) is 29.8 Å². The number of rotatable bonds is 15. The minimum atomic E-state index is -4.64. The van der Waals surface area contributed by atoms with Crippen LogP contribution in [0.2, 0.25) is 5.02 Å². The second-order valence-electron chi connectivity index (χ2n) is 17.6. The smallest absolute Gasteiger partial charge is 0.293 e. The van der Waals surface area contributed by atoms with E-state index in [9.17, 15) is 32.1 Å². The number of alkyl halides is 2. The molecule has 1 unspecified atom stereocenters. The molecule has 2 fully saturated rings. The van der Waals surface area contributed by atoms with E-state index in [2.05, 4.69) is 56.0 Å². The molecule has 0 radical (unpaired) electrons. The Kier molecular flexibility index (Phi) is 13.2. The van der Waals surface area contributed by atoms with Crippen molar-refractivity contribution in [1.82, 2.24) is 24.7 Å². The summed E-state index contributed by atoms with van der Waals surface area (Å²) >= 11 is 6.24. The van der Waals surface area contributed by atoms with Crippen molar-refractivity contribution in [2.75, 3.05) is 69.2 Å². The van der Waals surface area contributed by atoms with E-state index >= 15 is 0 Å². The molecule has 64 heavy (non-hydrogen) atoms. The maximum Gasteiger partial charge on any atom is 0.293 e. The third-order valence-corrected chi connectivity index (χ3v) is 13.9. The van der Waals surface area contributed by atoms with Gasteiger partial charge in [0.05, 0.1) is 32.5 Å². The number of nitro benzene ring substituents is 1. The first-order valence-electron chi connectivity index (χ1n) is 21.4. The molecule has 2 saturated heterocycles. The number of amides is 1. The number of sulfonamides is 1. The van der Waals surface area contributed by atoms with Crippen LogP contribution in [0.5, 0.6) is 11.5 Å². The Labute approximate surface area is 375 Å². The molecule has 18 heteroatoms. The predicted octanol–water partition coefficient (Wildman–Crippen LogP) is 8.62. The topological polar surface area (TPSA) is 166 Å². The van der Waals surface area contributed by atoms with Gasteiger partial charge in [-0.25, -0.2) is 21.9 Å². The average Bonchev–Trinajstić information content (AvgIpc) is 3.94. The summed E-state index contributed by atoms with van der Waals surface area (Å²) in [6.07, 6.45) is 3.64. The van der Waals surface area contributed by atoms with Crippen molar-refractivity contribution in [3.8, 4) is 11.5 Å². The fraction of sp³-hybridized carbons (Fsp3) is 0.391. The summed E-state index contributed by atoms with van der Waals surface area (Å²) in [5, 5.41) is 23.6. The lowest BCUT2D eigenvalue weighted by atomic mass is 9.72. The van der Waals surface area contributed by atoms with Crippen LogP contribution in [-0.4, -0.2) is 110 Å². The number of allylic oxidation sites excluding steroid dienone is 1. The summed E-state index contributed by atoms with van der Waals surface area (Å²) in [5.41, 5.74) is 5.21. The minimum absolute atomic E-state index is 0.0581. The first-order valence-corrected chi connectivity index (χ1v) is 23.2. The minimum Gasteiger partial charge on any atom is -0.456 e. The van der Waals surface area contributed by atoms with Crippen molar-refractivity contribution in [3.05, 3.63) is 117 Å². The van der Waals surface area contributed by atoms with Crippen molar-refractivity contribution >= 4 is 61.1 Å². The summed E-state index contributed by atoms with van der Waals surface area (Å²) < 4.78 is 62.3. The highest BCUT2D eigenvalue weighted by atomic mass is 35.5. The summed E-state index contributed by atoms with van der Waals surface area (Å²) in [7, 11) is -4.64. The molecule has 4 aromatic carbocycles. The zero-order valence-corrected chi connectivity index (χ0v) is 37.2. The number of anilines is 2. The van der Waals surface area contributed by atoms with Crippen molar-refractivity contribution in [2.24, 2.45) is 5.41 Å². The molecule has 2 atom stereocenters. The zero-order chi connectivity index (χ0) is 45.2. The average molecular weight is 917 g/mol. The number of halogens is 3. The van der Waals surface area contributed by atoms with Gasteiger partial charge in [0.1, 0.15) is 30.0 Å². The number of benzene rings is 4. The second kappa shape index (κ2) is 18.8. The molecule has 8 rings (SSSR count).